The molecular formula is C17H25NO2. The summed E-state index contributed by atoms with van der Waals surface area (Å²) in [4.78, 5) is 14.2. The second-order valence-electron chi connectivity index (χ2n) is 5.56. The van der Waals surface area contributed by atoms with Crippen molar-refractivity contribution in [1.82, 2.24) is 4.90 Å². The molecule has 0 aliphatic carbocycles. The van der Waals surface area contributed by atoms with E-state index < -0.39 is 0 Å². The van der Waals surface area contributed by atoms with Gasteiger partial charge in [-0.25, -0.2) is 0 Å². The summed E-state index contributed by atoms with van der Waals surface area (Å²) in [5.74, 6) is 1.08. The number of aryl methyl sites for hydroxylation is 1. The average molecular weight is 275 g/mol. The second kappa shape index (κ2) is 7.93. The van der Waals surface area contributed by atoms with Gasteiger partial charge in [-0.1, -0.05) is 37.0 Å². The maximum atomic E-state index is 12.2. The second-order valence-corrected chi connectivity index (χ2v) is 5.56. The van der Waals surface area contributed by atoms with Gasteiger partial charge in [-0.2, -0.15) is 0 Å². The predicted molar refractivity (Wildman–Crippen MR) is 81.0 cm³/mol. The zero-order valence-corrected chi connectivity index (χ0v) is 12.4. The zero-order valence-electron chi connectivity index (χ0n) is 12.4. The highest BCUT2D eigenvalue weighted by molar-refractivity contribution is 5.76. The molecule has 0 bridgehead atoms. The van der Waals surface area contributed by atoms with Gasteiger partial charge in [0.2, 0.25) is 5.91 Å². The first-order chi connectivity index (χ1) is 9.75. The van der Waals surface area contributed by atoms with Crippen LogP contribution in [0.15, 0.2) is 24.3 Å². The number of hydrogen-bond donors (Lipinski definition) is 0. The van der Waals surface area contributed by atoms with Gasteiger partial charge >= 0.3 is 0 Å². The van der Waals surface area contributed by atoms with Gasteiger partial charge in [0.25, 0.3) is 0 Å². The van der Waals surface area contributed by atoms with Crippen molar-refractivity contribution < 1.29 is 9.53 Å². The van der Waals surface area contributed by atoms with E-state index in [0.29, 0.717) is 13.0 Å². The number of ether oxygens (including phenoxy) is 1. The monoisotopic (exact) mass is 275 g/mol. The normalized spacial score (nSPS) is 16.4. The van der Waals surface area contributed by atoms with E-state index in [1.807, 2.05) is 29.2 Å². The number of likely N-dealkylation sites (tertiary alicyclic amines) is 1. The Hall–Kier alpha value is -1.51. The van der Waals surface area contributed by atoms with E-state index in [9.17, 15) is 4.79 Å². The van der Waals surface area contributed by atoms with E-state index in [2.05, 4.69) is 6.92 Å². The van der Waals surface area contributed by atoms with Crippen molar-refractivity contribution in [2.75, 3.05) is 19.7 Å². The Morgan fingerprint density at radius 1 is 1.05 bits per heavy atom. The highest BCUT2D eigenvalue weighted by Crippen LogP contribution is 2.13. The maximum absolute atomic E-state index is 12.2. The first kappa shape index (κ1) is 14.9. The number of carbonyl (C=O) groups is 1. The van der Waals surface area contributed by atoms with Gasteiger partial charge in [0.1, 0.15) is 5.75 Å². The van der Waals surface area contributed by atoms with Crippen LogP contribution in [0.3, 0.4) is 0 Å². The molecule has 1 aliphatic rings. The zero-order chi connectivity index (χ0) is 14.2. The highest BCUT2D eigenvalue weighted by Gasteiger charge is 2.14. The number of rotatable bonds is 4. The summed E-state index contributed by atoms with van der Waals surface area (Å²) in [6, 6.07) is 7.96. The first-order valence-corrected chi connectivity index (χ1v) is 7.73. The fraction of sp³-hybridized carbons (Fsp3) is 0.588. The summed E-state index contributed by atoms with van der Waals surface area (Å²) in [5, 5.41) is 0. The van der Waals surface area contributed by atoms with Gasteiger partial charge in [-0.05, 0) is 31.9 Å². The first-order valence-electron chi connectivity index (χ1n) is 7.73. The molecule has 1 heterocycles. The van der Waals surface area contributed by atoms with Gasteiger partial charge in [-0.15, -0.1) is 0 Å². The van der Waals surface area contributed by atoms with Crippen LogP contribution in [0, 0.1) is 6.92 Å². The van der Waals surface area contributed by atoms with E-state index in [1.165, 1.54) is 24.8 Å². The minimum Gasteiger partial charge on any atom is -0.493 e. The highest BCUT2D eigenvalue weighted by atomic mass is 16.5. The molecule has 110 valence electrons. The largest absolute Gasteiger partial charge is 0.493 e. The van der Waals surface area contributed by atoms with Crippen LogP contribution in [0.4, 0.5) is 0 Å². The molecule has 1 saturated heterocycles. The summed E-state index contributed by atoms with van der Waals surface area (Å²) in [5.41, 5.74) is 1.22. The quantitative estimate of drug-likeness (QED) is 0.841. The topological polar surface area (TPSA) is 29.5 Å². The molecular weight excluding hydrogens is 250 g/mol. The molecule has 0 atom stereocenters. The van der Waals surface area contributed by atoms with Gasteiger partial charge in [-0.3, -0.25) is 4.79 Å². The smallest absolute Gasteiger partial charge is 0.225 e. The summed E-state index contributed by atoms with van der Waals surface area (Å²) in [6.07, 6.45) is 6.59. The lowest BCUT2D eigenvalue weighted by molar-refractivity contribution is -0.132. The lowest BCUT2D eigenvalue weighted by Crippen LogP contribution is -2.34. The van der Waals surface area contributed by atoms with Gasteiger partial charge in [0, 0.05) is 13.1 Å². The molecule has 0 saturated carbocycles. The Bertz CT molecular complexity index is 406. The Morgan fingerprint density at radius 2 is 1.65 bits per heavy atom. The Balaban J connectivity index is 1.72. The van der Waals surface area contributed by atoms with E-state index in [1.54, 1.807) is 0 Å². The summed E-state index contributed by atoms with van der Waals surface area (Å²) < 4.78 is 5.63. The lowest BCUT2D eigenvalue weighted by Gasteiger charge is -2.24. The summed E-state index contributed by atoms with van der Waals surface area (Å²) in [7, 11) is 0. The fourth-order valence-corrected chi connectivity index (χ4v) is 2.55. The molecule has 3 nitrogen and oxygen atoms in total. The standard InChI is InChI=1S/C17H25NO2/c1-15-7-9-16(10-8-15)20-14-11-17(19)18-12-5-3-2-4-6-13-18/h7-10H,2-6,11-14H2,1H3. The molecule has 0 spiro atoms. The van der Waals surface area contributed by atoms with Crippen LogP contribution in [0.2, 0.25) is 0 Å². The molecule has 20 heavy (non-hydrogen) atoms. The van der Waals surface area contributed by atoms with Crippen LogP contribution in [0.25, 0.3) is 0 Å². The third-order valence-electron chi connectivity index (χ3n) is 3.81. The minimum atomic E-state index is 0.235. The van der Waals surface area contributed by atoms with E-state index in [4.69, 9.17) is 4.74 Å². The molecule has 1 aromatic carbocycles. The number of benzene rings is 1. The SMILES string of the molecule is Cc1ccc(OCCC(=O)N2CCCCCCC2)cc1. The van der Waals surface area contributed by atoms with E-state index in [-0.39, 0.29) is 5.91 Å². The van der Waals surface area contributed by atoms with Gasteiger partial charge < -0.3 is 9.64 Å². The van der Waals surface area contributed by atoms with Crippen molar-refractivity contribution >= 4 is 5.91 Å². The van der Waals surface area contributed by atoms with Crippen molar-refractivity contribution in [3.8, 4) is 5.75 Å². The molecule has 0 radical (unpaired) electrons. The molecule has 1 aliphatic heterocycles. The molecule has 1 amide bonds. The number of amides is 1. The summed E-state index contributed by atoms with van der Waals surface area (Å²) >= 11 is 0. The molecule has 0 unspecified atom stereocenters. The summed E-state index contributed by atoms with van der Waals surface area (Å²) in [6.45, 7) is 4.36. The molecule has 2 rings (SSSR count). The maximum Gasteiger partial charge on any atom is 0.225 e. The van der Waals surface area contributed by atoms with E-state index >= 15 is 0 Å². The fourth-order valence-electron chi connectivity index (χ4n) is 2.55. The average Bonchev–Trinajstić information content (AvgIpc) is 2.40. The lowest BCUT2D eigenvalue weighted by atomic mass is 10.1. The minimum absolute atomic E-state index is 0.235. The third kappa shape index (κ3) is 4.87. The Morgan fingerprint density at radius 3 is 2.30 bits per heavy atom. The van der Waals surface area contributed by atoms with Crippen LogP contribution < -0.4 is 4.74 Å². The molecule has 1 fully saturated rings. The van der Waals surface area contributed by atoms with Crippen LogP contribution in [0.5, 0.6) is 5.75 Å². The van der Waals surface area contributed by atoms with Crippen LogP contribution in [0.1, 0.15) is 44.1 Å². The molecule has 3 heteroatoms. The van der Waals surface area contributed by atoms with Gasteiger partial charge in [0.15, 0.2) is 0 Å². The number of carbonyl (C=O) groups excluding carboxylic acids is 1. The van der Waals surface area contributed by atoms with Gasteiger partial charge in [0.05, 0.1) is 13.0 Å². The van der Waals surface area contributed by atoms with E-state index in [0.717, 1.165) is 31.7 Å². The molecule has 0 aromatic heterocycles. The van der Waals surface area contributed by atoms with Crippen LogP contribution >= 0.6 is 0 Å². The Labute approximate surface area is 121 Å². The van der Waals surface area contributed by atoms with Crippen LogP contribution in [-0.4, -0.2) is 30.5 Å². The predicted octanol–water partition coefficient (Wildman–Crippen LogP) is 3.56. The van der Waals surface area contributed by atoms with Crippen molar-refractivity contribution in [2.45, 2.75) is 45.4 Å². The Kier molecular flexibility index (Phi) is 5.90. The molecule has 1 aromatic rings. The van der Waals surface area contributed by atoms with Crippen molar-refractivity contribution in [2.24, 2.45) is 0 Å². The molecule has 0 N–H and O–H groups in total. The number of hydrogen-bond acceptors (Lipinski definition) is 2. The van der Waals surface area contributed by atoms with Crippen molar-refractivity contribution in [1.29, 1.82) is 0 Å². The van der Waals surface area contributed by atoms with Crippen LogP contribution in [-0.2, 0) is 4.79 Å². The van der Waals surface area contributed by atoms with Crippen molar-refractivity contribution in [3.63, 3.8) is 0 Å². The number of nitrogens with zero attached hydrogens (tertiary/aromatic N) is 1. The third-order valence-corrected chi connectivity index (χ3v) is 3.81. The van der Waals surface area contributed by atoms with Crippen molar-refractivity contribution in [3.05, 3.63) is 29.8 Å².